The Morgan fingerprint density at radius 2 is 0.507 bits per heavy atom. The van der Waals surface area contributed by atoms with Gasteiger partial charge in [-0.3, -0.25) is 19.2 Å². The lowest BCUT2D eigenvalue weighted by Gasteiger charge is -2.26. The molecule has 20 rings (SSSR count). The van der Waals surface area contributed by atoms with E-state index in [1.165, 1.54) is 109 Å². The smallest absolute Gasteiger partial charge is 0.373 e. The fourth-order valence-electron chi connectivity index (χ4n) is 16.9. The molecule has 14 aromatic rings. The van der Waals surface area contributed by atoms with Gasteiger partial charge in [-0.05, 0) is 228 Å². The van der Waals surface area contributed by atoms with Crippen LogP contribution in [0.3, 0.4) is 0 Å². The molecule has 29 heteroatoms. The molecule has 4 aliphatic heterocycles. The van der Waals surface area contributed by atoms with E-state index in [0.717, 1.165) is 27.2 Å². The van der Waals surface area contributed by atoms with Crippen molar-refractivity contribution in [1.29, 1.82) is 0 Å². The maximum atomic E-state index is 13.0. The van der Waals surface area contributed by atoms with E-state index in [-0.39, 0.29) is 96.4 Å². The molecular weight excluding hydrogens is 2010 g/mol. The van der Waals surface area contributed by atoms with Crippen molar-refractivity contribution >= 4 is 91.5 Å². The third kappa shape index (κ3) is 31.8. The van der Waals surface area contributed by atoms with Crippen LogP contribution in [0.2, 0.25) is 0 Å². The first-order chi connectivity index (χ1) is 71.9. The van der Waals surface area contributed by atoms with E-state index in [2.05, 4.69) is 373 Å². The van der Waals surface area contributed by atoms with E-state index < -0.39 is 120 Å². The van der Waals surface area contributed by atoms with Crippen LogP contribution in [0.1, 0.15) is 106 Å². The molecule has 2 saturated carbocycles. The van der Waals surface area contributed by atoms with Gasteiger partial charge in [0, 0.05) is 40.0 Å². The molecule has 6 aliphatic rings. The van der Waals surface area contributed by atoms with Crippen LogP contribution >= 0.6 is 0 Å². The molecule has 4 saturated heterocycles. The molecule has 0 aromatic heterocycles. The molecule has 150 heavy (non-hydrogen) atoms. The van der Waals surface area contributed by atoms with Gasteiger partial charge in [-0.1, -0.05) is 237 Å². The van der Waals surface area contributed by atoms with E-state index in [9.17, 15) is 68.7 Å². The highest BCUT2D eigenvalue weighted by Gasteiger charge is 2.67. The molecule has 0 spiro atoms. The van der Waals surface area contributed by atoms with Crippen LogP contribution in [0.15, 0.2) is 477 Å². The lowest BCUT2D eigenvalue weighted by atomic mass is 9.80. The molecule has 0 radical (unpaired) electrons. The summed E-state index contributed by atoms with van der Waals surface area (Å²) in [5, 5.41) is 8.65. The van der Waals surface area contributed by atoms with Crippen LogP contribution in [0, 0.1) is 35.5 Å². The SMILES string of the molecule is CC(OC(=O)C1C2CC3OC(=O)C1C3C2)C(C)(F)F.CC(OC(=O)C1C2CC3OC(=O)C1C3O2)C(C)(F)F.CC(OC(=O)c1ccc(C(=O)O)cc1)C(C)(F)F.CC(OC(=O)c1ccccc1)C(C)(F)F.O=C=O.c1ccc([S+](c2ccccc2)c2ccccc2)cc1.c1ccc([S+](c2ccccc2)c2ccccc2)cc1.c1ccc([S+](c2ccccc2)c2ccccc2)cc1.c1ccc([S+](c2ccccc2)c2ccccc2)cc1. The van der Waals surface area contributed by atoms with Crippen LogP contribution in [0.5, 0.6) is 0 Å². The van der Waals surface area contributed by atoms with Gasteiger partial charge >= 0.3 is 47.9 Å². The molecule has 0 amide bonds. The van der Waals surface area contributed by atoms with Gasteiger partial charge in [0.2, 0.25) is 0 Å². The second kappa shape index (κ2) is 54.7. The Bertz CT molecular complexity index is 5680. The second-order valence-electron chi connectivity index (χ2n) is 35.7. The minimum absolute atomic E-state index is 0.000389. The number of carbonyl (C=O) groups excluding carboxylic acids is 8. The third-order valence-electron chi connectivity index (χ3n) is 25.0. The van der Waals surface area contributed by atoms with Crippen molar-refractivity contribution in [2.75, 3.05) is 0 Å². The predicted molar refractivity (Wildman–Crippen MR) is 557 cm³/mol. The Morgan fingerprint density at radius 1 is 0.293 bits per heavy atom. The molecule has 14 unspecified atom stereocenters. The zero-order valence-corrected chi connectivity index (χ0v) is 86.4. The van der Waals surface area contributed by atoms with Crippen molar-refractivity contribution in [3.63, 3.8) is 0 Å². The van der Waals surface area contributed by atoms with Crippen LogP contribution in [-0.4, -0.2) is 126 Å². The first-order valence-corrected chi connectivity index (χ1v) is 53.2. The summed E-state index contributed by atoms with van der Waals surface area (Å²) in [5.41, 5.74) is 0.296. The number of hydrogen-bond acceptors (Lipinski definition) is 16. The zero-order chi connectivity index (χ0) is 108. The number of esters is 6. The fraction of sp³-hybridized carbons (Fsp3) is 0.240. The highest BCUT2D eigenvalue weighted by atomic mass is 32.2. The average Bonchev–Trinajstić information content (AvgIpc) is 1.57. The number of ether oxygens (including phenoxy) is 7. The Hall–Kier alpha value is -14.5. The Balaban J connectivity index is 0.000000151. The van der Waals surface area contributed by atoms with Crippen molar-refractivity contribution in [2.24, 2.45) is 35.5 Å². The molecule has 776 valence electrons. The van der Waals surface area contributed by atoms with E-state index in [4.69, 9.17) is 38.4 Å². The van der Waals surface area contributed by atoms with Gasteiger partial charge < -0.3 is 38.3 Å². The number of carboxylic acid groups (broad SMARTS) is 1. The lowest BCUT2D eigenvalue weighted by molar-refractivity contribution is -0.192. The minimum atomic E-state index is -3.13. The quantitative estimate of drug-likeness (QED) is 0.0242. The first-order valence-electron chi connectivity index (χ1n) is 48.3. The van der Waals surface area contributed by atoms with Crippen molar-refractivity contribution < 1.29 is 117 Å². The zero-order valence-electron chi connectivity index (χ0n) is 83.2. The molecule has 17 nitrogen and oxygen atoms in total. The number of hydrogen-bond donors (Lipinski definition) is 1. The standard InChI is InChI=1S/4C18H15S.C13H16F2O4.C12H14F2O5.C12H12F2O4.C11H12F2O2.CO2/c4*1-4-10-16(11-5-1)19(17-12-6-2-7-13-17)18-14-8-3-9-15-18;1-5(13(2,14)15)18-11(16)9-6-3-7-8(4-6)19-12(17)10(7)9;1-4(12(2,13)14)17-10(15)7-5-3-6-9(18-5)8(7)11(16)19-6;1-7(12(2,13)14)18-11(17)9-5-3-8(4-6-9)10(15)16;1-8(11(2,12)13)15-10(14)9-6-4-3-5-7-9;2-1-3/h4*1-15H;5-10H,3-4H2,1-2H3;4-9H,3H2,1-2H3;3-7H,1-2H3,(H,15,16);3-8H,1-2H3;/q4*+1;;;;;. The Labute approximate surface area is 878 Å². The highest BCUT2D eigenvalue weighted by Crippen LogP contribution is 2.58. The molecule has 4 bridgehead atoms. The third-order valence-corrected chi connectivity index (χ3v) is 33.9. The summed E-state index contributed by atoms with van der Waals surface area (Å²) in [6.07, 6.45) is -5.14. The fourth-order valence-corrected chi connectivity index (χ4v) is 25.4. The minimum Gasteiger partial charge on any atom is -0.478 e. The largest absolute Gasteiger partial charge is 0.478 e. The summed E-state index contributed by atoms with van der Waals surface area (Å²) in [4.78, 5) is 113. The molecule has 1 N–H and O–H groups in total. The summed E-state index contributed by atoms with van der Waals surface area (Å²) in [6, 6.07) is 142. The number of carbonyl (C=O) groups is 7. The average molecular weight is 2120 g/mol. The van der Waals surface area contributed by atoms with Crippen molar-refractivity contribution in [2.45, 2.75) is 206 Å². The van der Waals surface area contributed by atoms with E-state index in [1.807, 2.05) is 0 Å². The molecule has 4 heterocycles. The maximum Gasteiger partial charge on any atom is 0.373 e. The topological polar surface area (TPSA) is 238 Å². The Morgan fingerprint density at radius 3 is 0.753 bits per heavy atom. The number of halogens is 8. The summed E-state index contributed by atoms with van der Waals surface area (Å²) in [6.45, 7) is 7.31. The molecule has 2 aliphatic carbocycles. The number of fused-ring (bicyclic) bond motifs is 2. The van der Waals surface area contributed by atoms with Crippen molar-refractivity contribution in [3.8, 4) is 0 Å². The normalized spacial score (nSPS) is 18.7. The van der Waals surface area contributed by atoms with Gasteiger partial charge in [0.05, 0.1) is 84.1 Å². The van der Waals surface area contributed by atoms with E-state index in [1.54, 1.807) is 18.2 Å². The number of rotatable bonds is 25. The van der Waals surface area contributed by atoms with Gasteiger partial charge in [-0.15, -0.1) is 0 Å². The number of alkyl halides is 8. The number of aromatic carboxylic acids is 1. The monoisotopic (exact) mass is 2120 g/mol. The maximum absolute atomic E-state index is 13.0. The lowest BCUT2D eigenvalue weighted by Crippen LogP contribution is -2.41. The summed E-state index contributed by atoms with van der Waals surface area (Å²) in [7, 11) is -0.0585. The predicted octanol–water partition coefficient (Wildman–Crippen LogP) is 26.7. The van der Waals surface area contributed by atoms with Gasteiger partial charge in [0.1, 0.15) is 24.2 Å². The van der Waals surface area contributed by atoms with Crippen molar-refractivity contribution in [1.82, 2.24) is 0 Å². The van der Waals surface area contributed by atoms with Gasteiger partial charge in [0.15, 0.2) is 83.2 Å². The van der Waals surface area contributed by atoms with Crippen LogP contribution in [-0.2, 0) is 106 Å². The van der Waals surface area contributed by atoms with Gasteiger partial charge in [-0.2, -0.15) is 9.59 Å². The summed E-state index contributed by atoms with van der Waals surface area (Å²) < 4.78 is 138. The number of carboxylic acids is 1. The molecule has 14 atom stereocenters. The number of benzene rings is 14. The molecule has 6 fully saturated rings. The second-order valence-corrected chi connectivity index (χ2v) is 43.8. The van der Waals surface area contributed by atoms with Crippen LogP contribution in [0.25, 0.3) is 0 Å². The Kier molecular flexibility index (Phi) is 41.6. The van der Waals surface area contributed by atoms with Gasteiger partial charge in [-0.25, -0.2) is 49.5 Å². The van der Waals surface area contributed by atoms with E-state index in [0.29, 0.717) is 33.6 Å². The van der Waals surface area contributed by atoms with Crippen LogP contribution < -0.4 is 0 Å². The van der Waals surface area contributed by atoms with Crippen molar-refractivity contribution in [3.05, 3.63) is 435 Å². The van der Waals surface area contributed by atoms with Gasteiger partial charge in [0.25, 0.3) is 23.7 Å². The highest BCUT2D eigenvalue weighted by molar-refractivity contribution is 7.98. The van der Waals surface area contributed by atoms with Crippen LogP contribution in [0.4, 0.5) is 35.1 Å². The summed E-state index contributed by atoms with van der Waals surface area (Å²) in [5.74, 6) is -19.9. The summed E-state index contributed by atoms with van der Waals surface area (Å²) >= 11 is 0. The van der Waals surface area contributed by atoms with E-state index >= 15 is 0 Å². The molecular formula is C121H114F8O17S4+4. The molecule has 14 aromatic carbocycles. The first kappa shape index (κ1) is 114.